The second kappa shape index (κ2) is 6.93. The van der Waals surface area contributed by atoms with E-state index in [4.69, 9.17) is 9.15 Å². The number of hydrogen-bond donors (Lipinski definition) is 0. The van der Waals surface area contributed by atoms with E-state index in [1.807, 2.05) is 42.5 Å². The molecule has 2 aromatic carbocycles. The Bertz CT molecular complexity index is 1070. The summed E-state index contributed by atoms with van der Waals surface area (Å²) >= 11 is 1.48. The molecule has 5 nitrogen and oxygen atoms in total. The van der Waals surface area contributed by atoms with Crippen molar-refractivity contribution in [2.45, 2.75) is 0 Å². The fourth-order valence-electron chi connectivity index (χ4n) is 2.48. The number of esters is 1. The quantitative estimate of drug-likeness (QED) is 0.297. The van der Waals surface area contributed by atoms with Gasteiger partial charge in [-0.3, -0.25) is 4.79 Å². The summed E-state index contributed by atoms with van der Waals surface area (Å²) in [6.07, 6.45) is 2.85. The average Bonchev–Trinajstić information content (AvgIpc) is 3.27. The molecule has 0 amide bonds. The third-order valence-electron chi connectivity index (χ3n) is 3.72. The van der Waals surface area contributed by atoms with Crippen LogP contribution in [0, 0.1) is 0 Å². The number of ether oxygens (including phenoxy) is 1. The molecule has 6 heteroatoms. The van der Waals surface area contributed by atoms with Crippen molar-refractivity contribution in [1.82, 2.24) is 4.98 Å². The highest BCUT2D eigenvalue weighted by Crippen LogP contribution is 2.22. The Morgan fingerprint density at radius 3 is 2.77 bits per heavy atom. The molecule has 0 spiro atoms. The molecule has 128 valence electrons. The van der Waals surface area contributed by atoms with Gasteiger partial charge in [0.1, 0.15) is 10.6 Å². The highest BCUT2D eigenvalue weighted by molar-refractivity contribution is 7.19. The van der Waals surface area contributed by atoms with Crippen molar-refractivity contribution in [1.29, 1.82) is 0 Å². The summed E-state index contributed by atoms with van der Waals surface area (Å²) in [6, 6.07) is 16.7. The van der Waals surface area contributed by atoms with Crippen LogP contribution in [0.5, 0.6) is 0 Å². The van der Waals surface area contributed by atoms with Gasteiger partial charge in [0, 0.05) is 11.5 Å². The number of fused-ring (bicyclic) bond motifs is 2. The van der Waals surface area contributed by atoms with Gasteiger partial charge in [0.15, 0.2) is 12.4 Å². The van der Waals surface area contributed by atoms with Crippen LogP contribution >= 0.6 is 11.3 Å². The maximum Gasteiger partial charge on any atom is 0.331 e. The van der Waals surface area contributed by atoms with Gasteiger partial charge in [-0.25, -0.2) is 9.78 Å². The molecular formula is C20H13NO4S. The topological polar surface area (TPSA) is 69.4 Å². The molecular weight excluding hydrogens is 350 g/mol. The van der Waals surface area contributed by atoms with E-state index >= 15 is 0 Å². The van der Waals surface area contributed by atoms with Crippen molar-refractivity contribution in [2.75, 3.05) is 6.61 Å². The van der Waals surface area contributed by atoms with Crippen LogP contribution in [0.4, 0.5) is 0 Å². The molecule has 4 rings (SSSR count). The first kappa shape index (κ1) is 16.2. The first-order valence-corrected chi connectivity index (χ1v) is 8.73. The van der Waals surface area contributed by atoms with Gasteiger partial charge in [-0.2, -0.15) is 0 Å². The van der Waals surface area contributed by atoms with Crippen LogP contribution in [-0.2, 0) is 9.53 Å². The van der Waals surface area contributed by atoms with Gasteiger partial charge < -0.3 is 9.15 Å². The lowest BCUT2D eigenvalue weighted by Crippen LogP contribution is -2.11. The second-order valence-electron chi connectivity index (χ2n) is 5.53. The van der Waals surface area contributed by atoms with E-state index < -0.39 is 5.97 Å². The van der Waals surface area contributed by atoms with Gasteiger partial charge in [0.2, 0.25) is 5.78 Å². The fourth-order valence-corrected chi connectivity index (χ4v) is 3.35. The number of Topliss-reactive ketones (excluding diaryl/α,β-unsaturated/α-hetero) is 1. The third kappa shape index (κ3) is 3.41. The lowest BCUT2D eigenvalue weighted by atomic mass is 10.2. The molecule has 0 aliphatic heterocycles. The summed E-state index contributed by atoms with van der Waals surface area (Å²) in [6.45, 7) is -0.372. The zero-order valence-corrected chi connectivity index (χ0v) is 14.4. The molecule has 0 atom stereocenters. The number of hydrogen-bond acceptors (Lipinski definition) is 6. The minimum Gasteiger partial charge on any atom is -0.454 e. The van der Waals surface area contributed by atoms with E-state index in [9.17, 15) is 9.59 Å². The van der Waals surface area contributed by atoms with Crippen LogP contribution in [0.25, 0.3) is 27.3 Å². The van der Waals surface area contributed by atoms with E-state index in [-0.39, 0.29) is 18.2 Å². The van der Waals surface area contributed by atoms with Gasteiger partial charge in [0.05, 0.1) is 10.2 Å². The first-order chi connectivity index (χ1) is 12.7. The molecule has 0 aliphatic rings. The molecule has 0 aliphatic carbocycles. The Morgan fingerprint density at radius 2 is 1.92 bits per heavy atom. The third-order valence-corrected chi connectivity index (χ3v) is 4.72. The summed E-state index contributed by atoms with van der Waals surface area (Å²) in [4.78, 5) is 28.3. The summed E-state index contributed by atoms with van der Waals surface area (Å²) in [5.74, 6) is -0.814. The highest BCUT2D eigenvalue weighted by atomic mass is 32.1. The monoisotopic (exact) mass is 363 g/mol. The van der Waals surface area contributed by atoms with Crippen molar-refractivity contribution in [3.63, 3.8) is 0 Å². The van der Waals surface area contributed by atoms with Crippen LogP contribution in [-0.4, -0.2) is 23.3 Å². The fraction of sp³-hybridized carbons (Fsp3) is 0.0500. The number of benzene rings is 2. The predicted octanol–water partition coefficient (Wildman–Crippen LogP) is 4.48. The summed E-state index contributed by atoms with van der Waals surface area (Å²) in [5, 5.41) is 1.53. The summed E-state index contributed by atoms with van der Waals surface area (Å²) < 4.78 is 11.5. The number of carbonyl (C=O) groups is 2. The van der Waals surface area contributed by atoms with E-state index in [2.05, 4.69) is 4.98 Å². The molecule has 0 bridgehead atoms. The van der Waals surface area contributed by atoms with Crippen molar-refractivity contribution in [3.8, 4) is 0 Å². The SMILES string of the molecule is O=C(C=Cc1nc2ccccc2s1)OCC(=O)c1cc2ccccc2o1. The van der Waals surface area contributed by atoms with E-state index in [1.165, 1.54) is 17.4 Å². The van der Waals surface area contributed by atoms with Crippen LogP contribution in [0.2, 0.25) is 0 Å². The molecule has 0 unspecified atom stereocenters. The van der Waals surface area contributed by atoms with Crippen molar-refractivity contribution in [2.24, 2.45) is 0 Å². The van der Waals surface area contributed by atoms with E-state index in [0.717, 1.165) is 15.6 Å². The molecule has 0 N–H and O–H groups in total. The van der Waals surface area contributed by atoms with Gasteiger partial charge in [-0.1, -0.05) is 30.3 Å². The number of para-hydroxylation sites is 2. The number of rotatable bonds is 5. The average molecular weight is 363 g/mol. The van der Waals surface area contributed by atoms with Gasteiger partial charge >= 0.3 is 5.97 Å². The standard InChI is InChI=1S/C20H13NO4S/c22-15(17-11-13-5-1-3-7-16(13)25-17)12-24-20(23)10-9-19-21-14-6-2-4-8-18(14)26-19/h1-11H,12H2. The normalized spacial score (nSPS) is 11.4. The van der Waals surface area contributed by atoms with Crippen LogP contribution in [0.3, 0.4) is 0 Å². The van der Waals surface area contributed by atoms with E-state index in [0.29, 0.717) is 10.6 Å². The Morgan fingerprint density at radius 1 is 1.12 bits per heavy atom. The van der Waals surface area contributed by atoms with Crippen molar-refractivity contribution in [3.05, 3.63) is 71.4 Å². The molecule has 2 aromatic heterocycles. The molecule has 0 saturated carbocycles. The molecule has 2 heterocycles. The Balaban J connectivity index is 1.37. The minimum absolute atomic E-state index is 0.175. The lowest BCUT2D eigenvalue weighted by Gasteiger charge is -1.98. The Kier molecular flexibility index (Phi) is 4.33. The number of nitrogens with zero attached hydrogens (tertiary/aromatic N) is 1. The number of carbonyl (C=O) groups excluding carboxylic acids is 2. The second-order valence-corrected chi connectivity index (χ2v) is 6.59. The zero-order chi connectivity index (χ0) is 17.9. The van der Waals surface area contributed by atoms with Gasteiger partial charge in [-0.05, 0) is 30.3 Å². The van der Waals surface area contributed by atoms with Gasteiger partial charge in [-0.15, -0.1) is 11.3 Å². The molecule has 0 radical (unpaired) electrons. The minimum atomic E-state index is -0.603. The summed E-state index contributed by atoms with van der Waals surface area (Å²) in [7, 11) is 0. The predicted molar refractivity (Wildman–Crippen MR) is 100 cm³/mol. The first-order valence-electron chi connectivity index (χ1n) is 7.91. The van der Waals surface area contributed by atoms with E-state index in [1.54, 1.807) is 18.2 Å². The highest BCUT2D eigenvalue weighted by Gasteiger charge is 2.14. The molecule has 26 heavy (non-hydrogen) atoms. The van der Waals surface area contributed by atoms with Crippen molar-refractivity contribution < 1.29 is 18.7 Å². The molecule has 4 aromatic rings. The maximum atomic E-state index is 12.1. The smallest absolute Gasteiger partial charge is 0.331 e. The molecule has 0 saturated heterocycles. The zero-order valence-electron chi connectivity index (χ0n) is 13.5. The van der Waals surface area contributed by atoms with Crippen LogP contribution in [0.1, 0.15) is 15.6 Å². The maximum absolute atomic E-state index is 12.1. The Hall–Kier alpha value is -3.25. The van der Waals surface area contributed by atoms with Crippen LogP contribution < -0.4 is 0 Å². The lowest BCUT2D eigenvalue weighted by molar-refractivity contribution is -0.136. The van der Waals surface area contributed by atoms with Crippen molar-refractivity contribution >= 4 is 50.4 Å². The number of ketones is 1. The largest absolute Gasteiger partial charge is 0.454 e. The van der Waals surface area contributed by atoms with Crippen LogP contribution in [0.15, 0.2) is 65.1 Å². The summed E-state index contributed by atoms with van der Waals surface area (Å²) in [5.41, 5.74) is 1.50. The number of furan rings is 1. The molecule has 0 fully saturated rings. The van der Waals surface area contributed by atoms with Gasteiger partial charge in [0.25, 0.3) is 0 Å². The number of aromatic nitrogens is 1. The Labute approximate surface area is 152 Å². The number of thiazole rings is 1.